The van der Waals surface area contributed by atoms with Gasteiger partial charge in [-0.3, -0.25) is 4.79 Å². The number of anilines is 2. The summed E-state index contributed by atoms with van der Waals surface area (Å²) in [4.78, 5) is 14.8. The van der Waals surface area contributed by atoms with E-state index in [9.17, 15) is 4.79 Å². The van der Waals surface area contributed by atoms with Crippen LogP contribution in [-0.2, 0) is 16.8 Å². The highest BCUT2D eigenvalue weighted by Gasteiger charge is 2.53. The van der Waals surface area contributed by atoms with Crippen LogP contribution in [0.1, 0.15) is 18.1 Å². The van der Waals surface area contributed by atoms with Gasteiger partial charge in [-0.05, 0) is 24.6 Å². The summed E-state index contributed by atoms with van der Waals surface area (Å²) in [5.41, 5.74) is 3.83. The summed E-state index contributed by atoms with van der Waals surface area (Å²) in [7, 11) is 0. The highest BCUT2D eigenvalue weighted by molar-refractivity contribution is 6.10. The maximum absolute atomic E-state index is 12.9. The normalized spacial score (nSPS) is 22.9. The van der Waals surface area contributed by atoms with Gasteiger partial charge in [-0.2, -0.15) is 0 Å². The van der Waals surface area contributed by atoms with Gasteiger partial charge < -0.3 is 10.2 Å². The third-order valence-electron chi connectivity index (χ3n) is 4.40. The molecule has 3 heteroatoms. The van der Waals surface area contributed by atoms with Crippen molar-refractivity contribution in [3.63, 3.8) is 0 Å². The molecule has 0 saturated carbocycles. The van der Waals surface area contributed by atoms with Crippen molar-refractivity contribution in [2.45, 2.75) is 18.9 Å². The molecule has 2 aromatic rings. The number of likely N-dealkylation sites (N-methyl/N-ethyl adjacent to an activating group) is 1. The quantitative estimate of drug-likeness (QED) is 0.859. The van der Waals surface area contributed by atoms with E-state index < -0.39 is 5.54 Å². The molecule has 1 atom stereocenters. The zero-order valence-electron chi connectivity index (χ0n) is 11.4. The lowest BCUT2D eigenvalue weighted by Crippen LogP contribution is -2.44. The highest BCUT2D eigenvalue weighted by atomic mass is 16.2. The van der Waals surface area contributed by atoms with Gasteiger partial charge in [0.2, 0.25) is 0 Å². The molecule has 1 amide bonds. The molecule has 2 aliphatic rings. The number of carbonyl (C=O) groups is 1. The van der Waals surface area contributed by atoms with E-state index in [1.165, 1.54) is 5.56 Å². The number of hydrogen-bond acceptors (Lipinski definition) is 2. The standard InChI is InChI=1S/C17H16N2O/c1-2-19-15-10-6-4-8-13(15)17(16(19)20)11-12-7-3-5-9-14(12)18-17/h3-10,18H,2,11H2,1H3. The SMILES string of the molecule is CCN1C(=O)C2(Cc3ccccc3N2)c2ccccc21. The molecule has 20 heavy (non-hydrogen) atoms. The number of carbonyl (C=O) groups excluding carboxylic acids is 1. The van der Waals surface area contributed by atoms with Gasteiger partial charge in [-0.1, -0.05) is 36.4 Å². The molecule has 0 aliphatic carbocycles. The van der Waals surface area contributed by atoms with Crippen molar-refractivity contribution in [1.29, 1.82) is 0 Å². The molecular weight excluding hydrogens is 248 g/mol. The smallest absolute Gasteiger partial charge is 0.257 e. The lowest BCUT2D eigenvalue weighted by Gasteiger charge is -2.24. The van der Waals surface area contributed by atoms with Gasteiger partial charge in [-0.15, -0.1) is 0 Å². The maximum atomic E-state index is 12.9. The first-order chi connectivity index (χ1) is 9.76. The monoisotopic (exact) mass is 264 g/mol. The van der Waals surface area contributed by atoms with Crippen molar-refractivity contribution >= 4 is 17.3 Å². The topological polar surface area (TPSA) is 32.3 Å². The Kier molecular flexibility index (Phi) is 2.22. The zero-order chi connectivity index (χ0) is 13.7. The largest absolute Gasteiger partial charge is 0.367 e. The highest BCUT2D eigenvalue weighted by Crippen LogP contribution is 2.48. The minimum atomic E-state index is -0.601. The van der Waals surface area contributed by atoms with Crippen LogP contribution >= 0.6 is 0 Å². The van der Waals surface area contributed by atoms with E-state index >= 15 is 0 Å². The molecule has 0 saturated heterocycles. The van der Waals surface area contributed by atoms with E-state index in [4.69, 9.17) is 0 Å². The maximum Gasteiger partial charge on any atom is 0.257 e. The zero-order valence-corrected chi connectivity index (χ0v) is 11.4. The molecule has 2 aromatic carbocycles. The van der Waals surface area contributed by atoms with Crippen LogP contribution in [0.5, 0.6) is 0 Å². The van der Waals surface area contributed by atoms with E-state index in [2.05, 4.69) is 23.5 Å². The van der Waals surface area contributed by atoms with Gasteiger partial charge in [0, 0.05) is 29.9 Å². The molecule has 0 aromatic heterocycles. The first kappa shape index (κ1) is 11.5. The van der Waals surface area contributed by atoms with E-state index in [0.717, 1.165) is 23.4 Å². The summed E-state index contributed by atoms with van der Waals surface area (Å²) in [6.45, 7) is 2.73. The Labute approximate surface area is 118 Å². The molecule has 0 radical (unpaired) electrons. The average molecular weight is 264 g/mol. The molecule has 3 nitrogen and oxygen atoms in total. The van der Waals surface area contributed by atoms with Gasteiger partial charge in [0.05, 0.1) is 0 Å². The van der Waals surface area contributed by atoms with Crippen molar-refractivity contribution in [2.75, 3.05) is 16.8 Å². The van der Waals surface area contributed by atoms with Gasteiger partial charge in [0.15, 0.2) is 0 Å². The van der Waals surface area contributed by atoms with E-state index in [-0.39, 0.29) is 5.91 Å². The summed E-state index contributed by atoms with van der Waals surface area (Å²) in [5.74, 6) is 0.164. The fourth-order valence-corrected chi connectivity index (χ4v) is 3.49. The third-order valence-corrected chi connectivity index (χ3v) is 4.40. The Morgan fingerprint density at radius 2 is 1.90 bits per heavy atom. The second kappa shape index (κ2) is 3.85. The summed E-state index contributed by atoms with van der Waals surface area (Å²) in [6.07, 6.45) is 0.732. The van der Waals surface area contributed by atoms with Crippen LogP contribution in [0.2, 0.25) is 0 Å². The van der Waals surface area contributed by atoms with E-state index in [1.807, 2.05) is 42.2 Å². The minimum Gasteiger partial charge on any atom is -0.367 e. The minimum absolute atomic E-state index is 0.164. The number of amides is 1. The van der Waals surface area contributed by atoms with Crippen molar-refractivity contribution in [1.82, 2.24) is 0 Å². The Balaban J connectivity index is 1.90. The van der Waals surface area contributed by atoms with Gasteiger partial charge >= 0.3 is 0 Å². The molecule has 100 valence electrons. The summed E-state index contributed by atoms with van der Waals surface area (Å²) >= 11 is 0. The number of hydrogen-bond donors (Lipinski definition) is 1. The summed E-state index contributed by atoms with van der Waals surface area (Å²) < 4.78 is 0. The van der Waals surface area contributed by atoms with Crippen LogP contribution in [0, 0.1) is 0 Å². The van der Waals surface area contributed by atoms with Crippen LogP contribution in [0.4, 0.5) is 11.4 Å². The number of nitrogens with one attached hydrogen (secondary N) is 1. The predicted octanol–water partition coefficient (Wildman–Crippen LogP) is 2.92. The molecule has 1 N–H and O–H groups in total. The molecule has 4 rings (SSSR count). The van der Waals surface area contributed by atoms with Crippen LogP contribution < -0.4 is 10.2 Å². The lowest BCUT2D eigenvalue weighted by atomic mass is 9.88. The number of benzene rings is 2. The van der Waals surface area contributed by atoms with E-state index in [1.54, 1.807) is 0 Å². The lowest BCUT2D eigenvalue weighted by molar-refractivity contribution is -0.122. The van der Waals surface area contributed by atoms with Crippen LogP contribution in [0.3, 0.4) is 0 Å². The van der Waals surface area contributed by atoms with Gasteiger partial charge in [0.1, 0.15) is 5.54 Å². The van der Waals surface area contributed by atoms with Crippen molar-refractivity contribution in [2.24, 2.45) is 0 Å². The predicted molar refractivity (Wildman–Crippen MR) is 79.9 cm³/mol. The number of para-hydroxylation sites is 2. The number of nitrogens with zero attached hydrogens (tertiary/aromatic N) is 1. The van der Waals surface area contributed by atoms with Gasteiger partial charge in [0.25, 0.3) is 5.91 Å². The molecule has 0 fully saturated rings. The molecule has 0 bridgehead atoms. The van der Waals surface area contributed by atoms with E-state index in [0.29, 0.717) is 6.54 Å². The summed E-state index contributed by atoms with van der Waals surface area (Å²) in [6, 6.07) is 16.3. The third kappa shape index (κ3) is 1.27. The van der Waals surface area contributed by atoms with Crippen LogP contribution in [0.15, 0.2) is 48.5 Å². The Morgan fingerprint density at radius 3 is 2.70 bits per heavy atom. The number of fused-ring (bicyclic) bond motifs is 3. The molecule has 1 unspecified atom stereocenters. The first-order valence-corrected chi connectivity index (χ1v) is 7.04. The fraction of sp³-hybridized carbons (Fsp3) is 0.235. The number of rotatable bonds is 1. The van der Waals surface area contributed by atoms with Crippen LogP contribution in [-0.4, -0.2) is 12.5 Å². The van der Waals surface area contributed by atoms with Gasteiger partial charge in [-0.25, -0.2) is 0 Å². The molecule has 2 aliphatic heterocycles. The summed E-state index contributed by atoms with van der Waals surface area (Å²) in [5, 5.41) is 3.49. The Hall–Kier alpha value is -2.29. The molecular formula is C17H16N2O. The molecule has 1 spiro atoms. The Bertz CT molecular complexity index is 683. The average Bonchev–Trinajstić information content (AvgIpc) is 2.98. The first-order valence-electron chi connectivity index (χ1n) is 7.04. The van der Waals surface area contributed by atoms with Crippen molar-refractivity contribution in [3.8, 4) is 0 Å². The molecule has 2 heterocycles. The van der Waals surface area contributed by atoms with Crippen molar-refractivity contribution < 1.29 is 4.79 Å². The van der Waals surface area contributed by atoms with Crippen molar-refractivity contribution in [3.05, 3.63) is 59.7 Å². The fourth-order valence-electron chi connectivity index (χ4n) is 3.49. The second-order valence-corrected chi connectivity index (χ2v) is 5.43. The Morgan fingerprint density at radius 1 is 1.15 bits per heavy atom. The van der Waals surface area contributed by atoms with Crippen LogP contribution in [0.25, 0.3) is 0 Å². The second-order valence-electron chi connectivity index (χ2n) is 5.43.